The van der Waals surface area contributed by atoms with Crippen LogP contribution in [0.3, 0.4) is 0 Å². The van der Waals surface area contributed by atoms with Gasteiger partial charge in [-0.3, -0.25) is 76.7 Å². The van der Waals surface area contributed by atoms with Crippen LogP contribution < -0.4 is 42.5 Å². The number of rotatable bonds is 24. The second kappa shape index (κ2) is 52.4. The van der Waals surface area contributed by atoms with Crippen molar-refractivity contribution in [2.75, 3.05) is 0 Å². The van der Waals surface area contributed by atoms with Gasteiger partial charge in [0.1, 0.15) is 0 Å². The van der Waals surface area contributed by atoms with Crippen LogP contribution in [0.1, 0.15) is 162 Å². The fourth-order valence-corrected chi connectivity index (χ4v) is 13.7. The van der Waals surface area contributed by atoms with Gasteiger partial charge in [-0.05, 0) is 55.4 Å². The van der Waals surface area contributed by atoms with Gasteiger partial charge in [-0.1, -0.05) is 0 Å². The monoisotopic (exact) mass is 1860 g/mol. The molecule has 8 rings (SSSR count). The molecule has 8 saturated heterocycles. The fourth-order valence-electron chi connectivity index (χ4n) is 13.7. The molecule has 736 valence electrons. The zero-order valence-electron chi connectivity index (χ0n) is 72.4. The van der Waals surface area contributed by atoms with Gasteiger partial charge in [0.2, 0.25) is 47.3 Å². The lowest BCUT2D eigenvalue weighted by Gasteiger charge is -2.41. The van der Waals surface area contributed by atoms with Crippen LogP contribution >= 0.6 is 0 Å². The van der Waals surface area contributed by atoms with Crippen LogP contribution in [0.4, 0.5) is 0 Å². The van der Waals surface area contributed by atoms with Gasteiger partial charge >= 0.3 is 47.8 Å². The van der Waals surface area contributed by atoms with Crippen molar-refractivity contribution in [2.24, 2.45) is 0 Å². The SMILES string of the molecule is CC(=O)NC1C(O)CC(O)(OC=O)OC1C.CC(=O)NC1C(O)CC(O)(OC=O)OC1C.CC(=O)NC1C(O)CC(O)(OC=O)OC1C.CC(=O)NC1C(O)CC(O)(OC=O)OC1C.CC(=O)NC1C(O)CC(O)(OC=O)OC1C.CC(=O)NC1C(O)CC(O)(OC=O)OC1C.CC(=O)NC1C(O)CC(O)(OC=O)OC1C.CC(=O)NC1C(O)CC(O)(OC=O)OC1C. The van der Waals surface area contributed by atoms with Gasteiger partial charge in [-0.2, -0.15) is 0 Å². The molecular formula is C72H120N8O48. The van der Waals surface area contributed by atoms with Crippen molar-refractivity contribution in [2.45, 2.75) is 356 Å². The molecule has 32 unspecified atom stereocenters. The molecule has 0 aromatic rings. The number of hydrogen-bond donors (Lipinski definition) is 24. The van der Waals surface area contributed by atoms with Crippen molar-refractivity contribution in [3.05, 3.63) is 0 Å². The highest BCUT2D eigenvalue weighted by Gasteiger charge is 2.54. The van der Waals surface area contributed by atoms with Crippen molar-refractivity contribution in [1.29, 1.82) is 0 Å². The van der Waals surface area contributed by atoms with E-state index in [1.807, 2.05) is 0 Å². The van der Waals surface area contributed by atoms with E-state index in [0.29, 0.717) is 0 Å². The third kappa shape index (κ3) is 39.5. The molecule has 0 aromatic heterocycles. The van der Waals surface area contributed by atoms with E-state index in [0.717, 1.165) is 0 Å². The van der Waals surface area contributed by atoms with Crippen LogP contribution in [0.5, 0.6) is 0 Å². The first-order chi connectivity index (χ1) is 59.0. The number of nitrogens with one attached hydrogen (secondary N) is 8. The van der Waals surface area contributed by atoms with Crippen molar-refractivity contribution in [1.82, 2.24) is 42.5 Å². The minimum atomic E-state index is -2.13. The topological polar surface area (TPSA) is 841 Å². The molecule has 0 saturated carbocycles. The molecule has 56 heteroatoms. The van der Waals surface area contributed by atoms with Crippen molar-refractivity contribution in [3.8, 4) is 0 Å². The highest BCUT2D eigenvalue weighted by molar-refractivity contribution is 5.76. The fraction of sp³-hybridized carbons (Fsp3) is 0.778. The average Bonchev–Trinajstić information content (AvgIpc) is 0.857. The van der Waals surface area contributed by atoms with E-state index in [-0.39, 0.29) is 150 Å². The standard InChI is InChI=1S/8C9H15NO6/c8*1-5-8(10-6(2)12)7(13)3-9(14,16-5)15-4-11/h8*4-5,7-8,13-14H,3H2,1-2H3,(H,10,12). The molecule has 8 fully saturated rings. The largest absolute Gasteiger partial charge is 0.410 e. The average molecular weight is 1870 g/mol. The molecule has 0 spiro atoms. The molecule has 56 nitrogen and oxygen atoms in total. The molecule has 24 N–H and O–H groups in total. The smallest absolute Gasteiger partial charge is 0.329 e. The molecule has 8 heterocycles. The van der Waals surface area contributed by atoms with E-state index >= 15 is 0 Å². The second-order valence-electron chi connectivity index (χ2n) is 30.0. The Labute approximate surface area is 729 Å². The van der Waals surface area contributed by atoms with Gasteiger partial charge in [0, 0.05) is 55.4 Å². The summed E-state index contributed by atoms with van der Waals surface area (Å²) in [5.74, 6) is -19.6. The Hall–Kier alpha value is -9.44. The normalized spacial score (nSPS) is 38.9. The zero-order valence-corrected chi connectivity index (χ0v) is 72.4. The quantitative estimate of drug-likeness (QED) is 0.0242. The molecule has 0 aliphatic carbocycles. The predicted octanol–water partition coefficient (Wildman–Crippen LogP) is -12.2. The van der Waals surface area contributed by atoms with Crippen LogP contribution in [-0.2, 0) is 153 Å². The lowest BCUT2D eigenvalue weighted by atomic mass is 9.98. The van der Waals surface area contributed by atoms with Crippen molar-refractivity contribution in [3.63, 3.8) is 0 Å². The maximum absolute atomic E-state index is 10.9. The number of carbonyl (C=O) groups is 16. The van der Waals surface area contributed by atoms with E-state index in [1.165, 1.54) is 55.4 Å². The van der Waals surface area contributed by atoms with Gasteiger partial charge in [-0.15, -0.1) is 0 Å². The maximum atomic E-state index is 10.9. The Morgan fingerprint density at radius 1 is 0.211 bits per heavy atom. The van der Waals surface area contributed by atoms with E-state index < -0.39 is 194 Å². The number of aliphatic hydroxyl groups is 16. The Morgan fingerprint density at radius 2 is 0.289 bits per heavy atom. The predicted molar refractivity (Wildman–Crippen MR) is 407 cm³/mol. The second-order valence-corrected chi connectivity index (χ2v) is 30.0. The minimum Gasteiger partial charge on any atom is -0.410 e. The van der Waals surface area contributed by atoms with Crippen LogP contribution in [-0.4, -0.2) is 375 Å². The summed E-state index contributed by atoms with van der Waals surface area (Å²) >= 11 is 0. The van der Waals surface area contributed by atoms with Crippen LogP contribution in [0.2, 0.25) is 0 Å². The number of aliphatic hydroxyl groups excluding tert-OH is 8. The Kier molecular flexibility index (Phi) is 47.7. The van der Waals surface area contributed by atoms with Gasteiger partial charge < -0.3 is 200 Å². The first kappa shape index (κ1) is 117. The third-order valence-corrected chi connectivity index (χ3v) is 18.9. The number of ether oxygens (including phenoxy) is 16. The zero-order chi connectivity index (χ0) is 98.8. The third-order valence-electron chi connectivity index (χ3n) is 18.9. The first-order valence-corrected chi connectivity index (χ1v) is 38.8. The lowest BCUT2D eigenvalue weighted by Crippen LogP contribution is -2.60. The van der Waals surface area contributed by atoms with E-state index in [4.69, 9.17) is 37.9 Å². The molecule has 8 amide bonds. The summed E-state index contributed by atoms with van der Waals surface area (Å²) in [4.78, 5) is 168. The van der Waals surface area contributed by atoms with Gasteiger partial charge in [0.25, 0.3) is 51.8 Å². The molecule has 8 aliphatic rings. The van der Waals surface area contributed by atoms with E-state index in [1.54, 1.807) is 55.4 Å². The molecular weight excluding hydrogens is 1740 g/mol. The maximum Gasteiger partial charge on any atom is 0.329 e. The van der Waals surface area contributed by atoms with Gasteiger partial charge in [-0.25, -0.2) is 0 Å². The highest BCUT2D eigenvalue weighted by atomic mass is 16.9. The lowest BCUT2D eigenvalue weighted by molar-refractivity contribution is -0.381. The van der Waals surface area contributed by atoms with Crippen LogP contribution in [0, 0.1) is 0 Å². The van der Waals surface area contributed by atoms with Crippen molar-refractivity contribution >= 4 is 99.0 Å². The van der Waals surface area contributed by atoms with Gasteiger partial charge in [0.05, 0.1) is 197 Å². The summed E-state index contributed by atoms with van der Waals surface area (Å²) in [6, 6.07) is -5.16. The molecule has 0 radical (unpaired) electrons. The van der Waals surface area contributed by atoms with E-state index in [2.05, 4.69) is 80.4 Å². The van der Waals surface area contributed by atoms with Crippen LogP contribution in [0.25, 0.3) is 0 Å². The summed E-state index contributed by atoms with van der Waals surface area (Å²) in [7, 11) is 0. The van der Waals surface area contributed by atoms with E-state index in [9.17, 15) is 158 Å². The Morgan fingerprint density at radius 3 is 0.344 bits per heavy atom. The minimum absolute atomic E-state index is 0.0398. The van der Waals surface area contributed by atoms with Gasteiger partial charge in [0.15, 0.2) is 0 Å². The summed E-state index contributed by atoms with van der Waals surface area (Å²) in [5, 5.41) is 174. The molecule has 32 atom stereocenters. The number of amides is 8. The summed E-state index contributed by atoms with van der Waals surface area (Å²) in [6.45, 7) is 23.1. The summed E-state index contributed by atoms with van der Waals surface area (Å²) in [5.41, 5.74) is 0. The van der Waals surface area contributed by atoms with Crippen LogP contribution in [0.15, 0.2) is 0 Å². The number of carbonyl (C=O) groups excluding carboxylic acids is 16. The molecule has 0 aromatic carbocycles. The molecule has 8 aliphatic heterocycles. The number of hydrogen-bond acceptors (Lipinski definition) is 48. The summed E-state index contributed by atoms with van der Waals surface area (Å²) < 4.78 is 75.0. The summed E-state index contributed by atoms with van der Waals surface area (Å²) in [6.07, 6.45) is -16.5. The highest BCUT2D eigenvalue weighted by Crippen LogP contribution is 2.35. The first-order valence-electron chi connectivity index (χ1n) is 38.8. The van der Waals surface area contributed by atoms with Crippen molar-refractivity contribution < 1.29 is 234 Å². The molecule has 0 bridgehead atoms. The Balaban J connectivity index is 0.000000731. The Bertz CT molecular complexity index is 2830. The molecule has 128 heavy (non-hydrogen) atoms.